The van der Waals surface area contributed by atoms with Crippen molar-refractivity contribution >= 4 is 16.8 Å². The molecule has 0 fully saturated rings. The fourth-order valence-electron chi connectivity index (χ4n) is 1.22. The highest BCUT2D eigenvalue weighted by atomic mass is 35.5. The zero-order chi connectivity index (χ0) is 9.84. The number of hydrogen-bond acceptors (Lipinski definition) is 3. The second-order valence-corrected chi connectivity index (χ2v) is 3.15. The fraction of sp³-hybridized carbons (Fsp3) is 0.556. The molecule has 0 amide bonds. The van der Waals surface area contributed by atoms with Gasteiger partial charge in [0.2, 0.25) is 0 Å². The smallest absolute Gasteiger partial charge is 0.257 e. The lowest BCUT2D eigenvalue weighted by molar-refractivity contribution is 0.107. The van der Waals surface area contributed by atoms with Gasteiger partial charge < -0.3 is 4.52 Å². The maximum atomic E-state index is 11.0. The SMILES string of the molecule is CCCc1onc(CC)c1C(=O)Cl. The minimum atomic E-state index is -0.471. The zero-order valence-corrected chi connectivity index (χ0v) is 8.52. The number of aryl methyl sites for hydroxylation is 2. The van der Waals surface area contributed by atoms with Crippen molar-refractivity contribution in [2.75, 3.05) is 0 Å². The molecule has 0 bridgehead atoms. The number of hydrogen-bond donors (Lipinski definition) is 0. The quantitative estimate of drug-likeness (QED) is 0.704. The number of halogens is 1. The molecule has 13 heavy (non-hydrogen) atoms. The maximum Gasteiger partial charge on any atom is 0.257 e. The summed E-state index contributed by atoms with van der Waals surface area (Å²) in [5, 5.41) is 3.32. The number of carbonyl (C=O) groups is 1. The van der Waals surface area contributed by atoms with Crippen LogP contribution in [0.5, 0.6) is 0 Å². The number of rotatable bonds is 4. The normalized spacial score (nSPS) is 10.4. The summed E-state index contributed by atoms with van der Waals surface area (Å²) in [6.45, 7) is 3.92. The van der Waals surface area contributed by atoms with E-state index in [0.29, 0.717) is 29.9 Å². The van der Waals surface area contributed by atoms with E-state index in [-0.39, 0.29) is 0 Å². The van der Waals surface area contributed by atoms with Crippen molar-refractivity contribution < 1.29 is 9.32 Å². The average molecular weight is 202 g/mol. The summed E-state index contributed by atoms with van der Waals surface area (Å²) in [7, 11) is 0. The van der Waals surface area contributed by atoms with Crippen LogP contribution in [0.1, 0.15) is 42.1 Å². The Morgan fingerprint density at radius 2 is 2.23 bits per heavy atom. The van der Waals surface area contributed by atoms with Gasteiger partial charge in [-0.3, -0.25) is 4.79 Å². The highest BCUT2D eigenvalue weighted by molar-refractivity contribution is 6.68. The van der Waals surface area contributed by atoms with Crippen LogP contribution in [0.3, 0.4) is 0 Å². The van der Waals surface area contributed by atoms with Gasteiger partial charge in [0.1, 0.15) is 5.76 Å². The predicted octanol–water partition coefficient (Wildman–Crippen LogP) is 2.57. The van der Waals surface area contributed by atoms with Crippen LogP contribution in [-0.2, 0) is 12.8 Å². The highest BCUT2D eigenvalue weighted by Crippen LogP contribution is 2.18. The molecule has 0 spiro atoms. The van der Waals surface area contributed by atoms with E-state index in [1.54, 1.807) is 0 Å². The van der Waals surface area contributed by atoms with Crippen LogP contribution in [0.25, 0.3) is 0 Å². The van der Waals surface area contributed by atoms with Crippen molar-refractivity contribution in [2.45, 2.75) is 33.1 Å². The van der Waals surface area contributed by atoms with E-state index >= 15 is 0 Å². The molecular weight excluding hydrogens is 190 g/mol. The Kier molecular flexibility index (Phi) is 3.48. The van der Waals surface area contributed by atoms with Crippen molar-refractivity contribution in [3.63, 3.8) is 0 Å². The highest BCUT2D eigenvalue weighted by Gasteiger charge is 2.19. The Labute approximate surface area is 82.1 Å². The number of aromatic nitrogens is 1. The zero-order valence-electron chi connectivity index (χ0n) is 7.76. The molecule has 0 N–H and O–H groups in total. The summed E-state index contributed by atoms with van der Waals surface area (Å²) in [4.78, 5) is 11.0. The van der Waals surface area contributed by atoms with Gasteiger partial charge in [0.15, 0.2) is 0 Å². The van der Waals surface area contributed by atoms with Crippen LogP contribution in [-0.4, -0.2) is 10.4 Å². The molecule has 0 saturated heterocycles. The summed E-state index contributed by atoms with van der Waals surface area (Å²) in [6, 6.07) is 0. The van der Waals surface area contributed by atoms with Crippen molar-refractivity contribution in [1.29, 1.82) is 0 Å². The first-order valence-electron chi connectivity index (χ1n) is 4.37. The summed E-state index contributed by atoms with van der Waals surface area (Å²) in [6.07, 6.45) is 2.29. The molecule has 72 valence electrons. The van der Waals surface area contributed by atoms with Gasteiger partial charge in [-0.05, 0) is 24.4 Å². The first kappa shape index (κ1) is 10.3. The first-order valence-corrected chi connectivity index (χ1v) is 4.75. The van der Waals surface area contributed by atoms with E-state index < -0.39 is 5.24 Å². The minimum Gasteiger partial charge on any atom is -0.360 e. The molecule has 0 aliphatic heterocycles. The second-order valence-electron chi connectivity index (χ2n) is 2.80. The molecule has 0 radical (unpaired) electrons. The van der Waals surface area contributed by atoms with Crippen LogP contribution in [0.15, 0.2) is 4.52 Å². The average Bonchev–Trinajstić information content (AvgIpc) is 2.48. The third-order valence-corrected chi connectivity index (χ3v) is 2.03. The van der Waals surface area contributed by atoms with E-state index in [9.17, 15) is 4.79 Å². The molecule has 0 unspecified atom stereocenters. The molecule has 1 aromatic heterocycles. The second kappa shape index (κ2) is 4.42. The molecule has 0 aliphatic carbocycles. The van der Waals surface area contributed by atoms with Gasteiger partial charge in [0.25, 0.3) is 5.24 Å². The molecule has 0 atom stereocenters. The van der Waals surface area contributed by atoms with Gasteiger partial charge in [0.05, 0.1) is 11.3 Å². The summed E-state index contributed by atoms with van der Waals surface area (Å²) in [5.41, 5.74) is 1.12. The van der Waals surface area contributed by atoms with Crippen LogP contribution in [0, 0.1) is 0 Å². The largest absolute Gasteiger partial charge is 0.360 e. The van der Waals surface area contributed by atoms with Crippen LogP contribution in [0.2, 0.25) is 0 Å². The molecule has 0 saturated carbocycles. The summed E-state index contributed by atoms with van der Waals surface area (Å²) < 4.78 is 5.03. The van der Waals surface area contributed by atoms with E-state index in [1.807, 2.05) is 13.8 Å². The Bertz CT molecular complexity index is 307. The lowest BCUT2D eigenvalue weighted by Gasteiger charge is -1.94. The summed E-state index contributed by atoms with van der Waals surface area (Å²) >= 11 is 5.43. The lowest BCUT2D eigenvalue weighted by Crippen LogP contribution is -1.97. The molecule has 3 nitrogen and oxygen atoms in total. The predicted molar refractivity (Wildman–Crippen MR) is 50.1 cm³/mol. The lowest BCUT2D eigenvalue weighted by atomic mass is 10.1. The van der Waals surface area contributed by atoms with Gasteiger partial charge in [-0.2, -0.15) is 0 Å². The fourth-order valence-corrected chi connectivity index (χ4v) is 1.44. The topological polar surface area (TPSA) is 43.1 Å². The van der Waals surface area contributed by atoms with Crippen molar-refractivity contribution in [1.82, 2.24) is 5.16 Å². The van der Waals surface area contributed by atoms with E-state index in [1.165, 1.54) is 0 Å². The van der Waals surface area contributed by atoms with Gasteiger partial charge in [-0.25, -0.2) is 0 Å². The number of nitrogens with zero attached hydrogens (tertiary/aromatic N) is 1. The standard InChI is InChI=1S/C9H12ClNO2/c1-3-5-7-8(9(10)12)6(4-2)11-13-7/h3-5H2,1-2H3. The molecule has 0 aliphatic rings. The molecule has 0 aromatic carbocycles. The van der Waals surface area contributed by atoms with E-state index in [0.717, 1.165) is 6.42 Å². The first-order chi connectivity index (χ1) is 6.20. The minimum absolute atomic E-state index is 0.464. The van der Waals surface area contributed by atoms with Crippen LogP contribution >= 0.6 is 11.6 Å². The van der Waals surface area contributed by atoms with Crippen molar-refractivity contribution in [3.05, 3.63) is 17.0 Å². The van der Waals surface area contributed by atoms with E-state index in [2.05, 4.69) is 5.16 Å². The maximum absolute atomic E-state index is 11.0. The van der Waals surface area contributed by atoms with Crippen molar-refractivity contribution in [2.24, 2.45) is 0 Å². The number of carbonyl (C=O) groups excluding carboxylic acids is 1. The van der Waals surface area contributed by atoms with Gasteiger partial charge >= 0.3 is 0 Å². The molecular formula is C9H12ClNO2. The summed E-state index contributed by atoms with van der Waals surface area (Å²) in [5.74, 6) is 0.611. The van der Waals surface area contributed by atoms with E-state index in [4.69, 9.17) is 16.1 Å². The Morgan fingerprint density at radius 1 is 1.54 bits per heavy atom. The molecule has 4 heteroatoms. The van der Waals surface area contributed by atoms with Crippen LogP contribution in [0.4, 0.5) is 0 Å². The Hall–Kier alpha value is -0.830. The Balaban J connectivity index is 3.06. The van der Waals surface area contributed by atoms with Crippen molar-refractivity contribution in [3.8, 4) is 0 Å². The Morgan fingerprint density at radius 3 is 2.69 bits per heavy atom. The van der Waals surface area contributed by atoms with Gasteiger partial charge in [-0.1, -0.05) is 19.0 Å². The third-order valence-electron chi connectivity index (χ3n) is 1.84. The monoisotopic (exact) mass is 201 g/mol. The molecule has 1 heterocycles. The van der Waals surface area contributed by atoms with Crippen LogP contribution < -0.4 is 0 Å². The third kappa shape index (κ3) is 2.10. The molecule has 1 aromatic rings. The van der Waals surface area contributed by atoms with Gasteiger partial charge in [-0.15, -0.1) is 0 Å². The van der Waals surface area contributed by atoms with Gasteiger partial charge in [0, 0.05) is 6.42 Å². The molecule has 1 rings (SSSR count).